The maximum Gasteiger partial charge on any atom is 0.125 e. The van der Waals surface area contributed by atoms with E-state index in [0.717, 1.165) is 25.1 Å². The molecule has 1 atom stereocenters. The number of aliphatic hydroxyl groups excluding tert-OH is 1. The third-order valence-electron chi connectivity index (χ3n) is 2.06. The fourth-order valence-corrected chi connectivity index (χ4v) is 1.15. The number of nitrogens with zero attached hydrogens (tertiary/aromatic N) is 1. The average molecular weight is 195 g/mol. The average Bonchev–Trinajstić information content (AvgIpc) is 2.17. The van der Waals surface area contributed by atoms with Gasteiger partial charge in [-0.05, 0) is 18.9 Å². The number of aliphatic hydroxyl groups is 1. The Hall–Kier alpha value is -1.29. The normalized spacial score (nSPS) is 12.4. The molecule has 0 radical (unpaired) electrons. The van der Waals surface area contributed by atoms with Crippen LogP contribution in [0.4, 0.5) is 11.5 Å². The zero-order valence-corrected chi connectivity index (χ0v) is 8.40. The van der Waals surface area contributed by atoms with Gasteiger partial charge in [0.1, 0.15) is 5.82 Å². The van der Waals surface area contributed by atoms with Gasteiger partial charge >= 0.3 is 0 Å². The molecule has 1 aromatic rings. The summed E-state index contributed by atoms with van der Waals surface area (Å²) < 4.78 is 0. The zero-order chi connectivity index (χ0) is 10.4. The topological polar surface area (TPSA) is 71.2 Å². The van der Waals surface area contributed by atoms with E-state index < -0.39 is 0 Å². The van der Waals surface area contributed by atoms with Crippen LogP contribution in [0.2, 0.25) is 0 Å². The minimum Gasteiger partial charge on any atom is -0.393 e. The van der Waals surface area contributed by atoms with Gasteiger partial charge in [0, 0.05) is 24.5 Å². The third-order valence-corrected chi connectivity index (χ3v) is 2.06. The van der Waals surface area contributed by atoms with Crippen LogP contribution >= 0.6 is 0 Å². The van der Waals surface area contributed by atoms with Crippen LogP contribution in [0.3, 0.4) is 0 Å². The van der Waals surface area contributed by atoms with Crippen LogP contribution in [-0.4, -0.2) is 22.7 Å². The summed E-state index contributed by atoms with van der Waals surface area (Å²) in [6.07, 6.45) is 2.98. The molecule has 4 N–H and O–H groups in total. The van der Waals surface area contributed by atoms with Crippen molar-refractivity contribution >= 4 is 11.5 Å². The van der Waals surface area contributed by atoms with E-state index in [4.69, 9.17) is 5.73 Å². The first kappa shape index (κ1) is 10.8. The quantitative estimate of drug-likeness (QED) is 0.661. The highest BCUT2D eigenvalue weighted by Crippen LogP contribution is 2.09. The maximum atomic E-state index is 9.31. The Morgan fingerprint density at radius 3 is 3.07 bits per heavy atom. The van der Waals surface area contributed by atoms with Gasteiger partial charge in [0.25, 0.3) is 0 Å². The predicted molar refractivity (Wildman–Crippen MR) is 58.1 cm³/mol. The molecular weight excluding hydrogens is 178 g/mol. The van der Waals surface area contributed by atoms with Crippen molar-refractivity contribution in [2.75, 3.05) is 17.6 Å². The lowest BCUT2D eigenvalue weighted by molar-refractivity contribution is 0.164. The minimum atomic E-state index is -0.221. The highest BCUT2D eigenvalue weighted by Gasteiger charge is 1.99. The van der Waals surface area contributed by atoms with Gasteiger partial charge in [0.15, 0.2) is 0 Å². The lowest BCUT2D eigenvalue weighted by Gasteiger charge is -2.09. The molecule has 0 amide bonds. The number of rotatable bonds is 5. The Morgan fingerprint density at radius 2 is 2.43 bits per heavy atom. The molecular formula is C10H17N3O. The lowest BCUT2D eigenvalue weighted by Crippen LogP contribution is -2.12. The van der Waals surface area contributed by atoms with E-state index in [2.05, 4.69) is 10.3 Å². The van der Waals surface area contributed by atoms with Crippen molar-refractivity contribution in [3.05, 3.63) is 18.3 Å². The zero-order valence-electron chi connectivity index (χ0n) is 8.40. The van der Waals surface area contributed by atoms with Crippen molar-refractivity contribution in [3.8, 4) is 0 Å². The highest BCUT2D eigenvalue weighted by atomic mass is 16.3. The fourth-order valence-electron chi connectivity index (χ4n) is 1.15. The first-order valence-electron chi connectivity index (χ1n) is 4.86. The van der Waals surface area contributed by atoms with E-state index in [9.17, 15) is 5.11 Å². The van der Waals surface area contributed by atoms with Crippen LogP contribution in [-0.2, 0) is 0 Å². The number of nitrogen functional groups attached to an aromatic ring is 1. The Morgan fingerprint density at radius 1 is 1.64 bits per heavy atom. The molecule has 1 unspecified atom stereocenters. The number of nitrogens with one attached hydrogen (secondary N) is 1. The number of hydrogen-bond donors (Lipinski definition) is 3. The first-order valence-corrected chi connectivity index (χ1v) is 4.86. The van der Waals surface area contributed by atoms with E-state index in [1.807, 2.05) is 13.0 Å². The largest absolute Gasteiger partial charge is 0.393 e. The molecule has 14 heavy (non-hydrogen) atoms. The Balaban J connectivity index is 2.31. The summed E-state index contributed by atoms with van der Waals surface area (Å²) in [6, 6.07) is 3.63. The van der Waals surface area contributed by atoms with Crippen molar-refractivity contribution in [3.63, 3.8) is 0 Å². The smallest absolute Gasteiger partial charge is 0.125 e. The van der Waals surface area contributed by atoms with Crippen LogP contribution in [0.5, 0.6) is 0 Å². The monoisotopic (exact) mass is 195 g/mol. The number of hydrogen-bond acceptors (Lipinski definition) is 4. The molecule has 1 heterocycles. The first-order chi connectivity index (χ1) is 6.72. The molecule has 0 aromatic carbocycles. The van der Waals surface area contributed by atoms with Crippen LogP contribution in [0.1, 0.15) is 19.8 Å². The summed E-state index contributed by atoms with van der Waals surface area (Å²) in [6.45, 7) is 2.72. The molecule has 0 saturated carbocycles. The molecule has 4 heteroatoms. The molecule has 0 aliphatic carbocycles. The summed E-state index contributed by atoms with van der Waals surface area (Å²) in [5.74, 6) is 0.506. The third kappa shape index (κ3) is 3.62. The molecule has 0 saturated heterocycles. The Labute approximate surface area is 84.2 Å². The fraction of sp³-hybridized carbons (Fsp3) is 0.500. The summed E-state index contributed by atoms with van der Waals surface area (Å²) >= 11 is 0. The molecule has 0 aliphatic rings. The van der Waals surface area contributed by atoms with E-state index in [1.54, 1.807) is 12.3 Å². The van der Waals surface area contributed by atoms with E-state index >= 15 is 0 Å². The molecule has 0 bridgehead atoms. The van der Waals surface area contributed by atoms with Gasteiger partial charge in [-0.15, -0.1) is 0 Å². The second-order valence-corrected chi connectivity index (χ2v) is 3.25. The maximum absolute atomic E-state index is 9.31. The Bertz CT molecular complexity index is 278. The second kappa shape index (κ2) is 5.44. The molecule has 78 valence electrons. The lowest BCUT2D eigenvalue weighted by atomic mass is 10.2. The SMILES string of the molecule is CCC(O)CCNc1ccnc(N)c1. The van der Waals surface area contributed by atoms with Crippen molar-refractivity contribution in [2.45, 2.75) is 25.9 Å². The van der Waals surface area contributed by atoms with Gasteiger partial charge in [0.2, 0.25) is 0 Å². The van der Waals surface area contributed by atoms with Crippen LogP contribution in [0, 0.1) is 0 Å². The molecule has 0 aliphatic heterocycles. The van der Waals surface area contributed by atoms with Crippen LogP contribution < -0.4 is 11.1 Å². The van der Waals surface area contributed by atoms with Gasteiger partial charge in [-0.25, -0.2) is 4.98 Å². The van der Waals surface area contributed by atoms with Crippen molar-refractivity contribution in [1.29, 1.82) is 0 Å². The van der Waals surface area contributed by atoms with E-state index in [-0.39, 0.29) is 6.10 Å². The second-order valence-electron chi connectivity index (χ2n) is 3.25. The van der Waals surface area contributed by atoms with Crippen molar-refractivity contribution < 1.29 is 5.11 Å². The van der Waals surface area contributed by atoms with Gasteiger partial charge in [0.05, 0.1) is 6.10 Å². The highest BCUT2D eigenvalue weighted by molar-refractivity contribution is 5.49. The molecule has 1 aromatic heterocycles. The van der Waals surface area contributed by atoms with Crippen molar-refractivity contribution in [2.24, 2.45) is 0 Å². The standard InChI is InChI=1S/C10H17N3O/c1-2-9(14)4-6-12-8-3-5-13-10(11)7-8/h3,5,7,9,14H,2,4,6H2,1H3,(H3,11,12,13). The molecule has 0 fully saturated rings. The molecule has 0 spiro atoms. The van der Waals surface area contributed by atoms with Gasteiger partial charge in [-0.1, -0.05) is 6.92 Å². The van der Waals surface area contributed by atoms with E-state index in [0.29, 0.717) is 5.82 Å². The number of aromatic nitrogens is 1. The summed E-state index contributed by atoms with van der Waals surface area (Å²) in [5, 5.41) is 12.5. The van der Waals surface area contributed by atoms with Crippen LogP contribution in [0.25, 0.3) is 0 Å². The number of nitrogens with two attached hydrogens (primary N) is 1. The summed E-state index contributed by atoms with van der Waals surface area (Å²) in [4.78, 5) is 3.89. The predicted octanol–water partition coefficient (Wildman–Crippen LogP) is 1.24. The number of pyridine rings is 1. The van der Waals surface area contributed by atoms with Crippen molar-refractivity contribution in [1.82, 2.24) is 4.98 Å². The van der Waals surface area contributed by atoms with Crippen LogP contribution in [0.15, 0.2) is 18.3 Å². The Kier molecular flexibility index (Phi) is 4.19. The van der Waals surface area contributed by atoms with Gasteiger partial charge in [-0.2, -0.15) is 0 Å². The number of anilines is 2. The minimum absolute atomic E-state index is 0.221. The molecule has 4 nitrogen and oxygen atoms in total. The summed E-state index contributed by atoms with van der Waals surface area (Å²) in [7, 11) is 0. The molecule has 1 rings (SSSR count). The van der Waals surface area contributed by atoms with E-state index in [1.165, 1.54) is 0 Å². The summed E-state index contributed by atoms with van der Waals surface area (Å²) in [5.41, 5.74) is 6.46. The van der Waals surface area contributed by atoms with Gasteiger partial charge in [-0.3, -0.25) is 0 Å². The van der Waals surface area contributed by atoms with Gasteiger partial charge < -0.3 is 16.2 Å².